The Morgan fingerprint density at radius 2 is 1.70 bits per heavy atom. The lowest BCUT2D eigenvalue weighted by Gasteiger charge is -2.31. The van der Waals surface area contributed by atoms with Crippen molar-refractivity contribution < 1.29 is 23.5 Å². The molecule has 1 saturated heterocycles. The number of ether oxygens (including phenoxy) is 1. The van der Waals surface area contributed by atoms with Crippen LogP contribution in [0.3, 0.4) is 0 Å². The van der Waals surface area contributed by atoms with Crippen molar-refractivity contribution in [3.63, 3.8) is 0 Å². The summed E-state index contributed by atoms with van der Waals surface area (Å²) in [5.74, 6) is 0.339. The quantitative estimate of drug-likeness (QED) is 0.261. The van der Waals surface area contributed by atoms with Crippen LogP contribution in [-0.4, -0.2) is 77.0 Å². The van der Waals surface area contributed by atoms with Gasteiger partial charge in [-0.05, 0) is 75.5 Å². The molecular weight excluding hydrogens is 548 g/mol. The number of likely N-dealkylation sites (N-methyl/N-ethyl adjacent to an activating group) is 1. The summed E-state index contributed by atoms with van der Waals surface area (Å²) in [5.41, 5.74) is 2.77. The minimum atomic E-state index is -0.442. The summed E-state index contributed by atoms with van der Waals surface area (Å²) in [6, 6.07) is 15.3. The van der Waals surface area contributed by atoms with Gasteiger partial charge in [0.15, 0.2) is 11.5 Å². The lowest BCUT2D eigenvalue weighted by molar-refractivity contribution is 0.0985. The van der Waals surface area contributed by atoms with Gasteiger partial charge in [0.25, 0.3) is 11.8 Å². The molecule has 43 heavy (non-hydrogen) atoms. The number of hydrogen-bond donors (Lipinski definition) is 2. The summed E-state index contributed by atoms with van der Waals surface area (Å²) in [4.78, 5) is 43.3. The molecule has 1 aliphatic heterocycles. The number of nitrogens with one attached hydrogen (secondary N) is 2. The highest BCUT2D eigenvalue weighted by molar-refractivity contribution is 6.08. The third-order valence-corrected chi connectivity index (χ3v) is 7.26. The van der Waals surface area contributed by atoms with E-state index in [4.69, 9.17) is 9.15 Å². The lowest BCUT2D eigenvalue weighted by atomic mass is 10.1. The fraction of sp³-hybridized carbons (Fsp3) is 0.312. The van der Waals surface area contributed by atoms with Crippen LogP contribution in [0.2, 0.25) is 0 Å². The highest BCUT2D eigenvalue weighted by Crippen LogP contribution is 2.29. The molecule has 224 valence electrons. The monoisotopic (exact) mass is 584 g/mol. The number of Topliss-reactive ketones (excluding diaryl/α,β-unsaturated/α-hetero) is 1. The van der Waals surface area contributed by atoms with E-state index in [1.807, 2.05) is 19.1 Å². The van der Waals surface area contributed by atoms with Gasteiger partial charge in [0, 0.05) is 61.8 Å². The van der Waals surface area contributed by atoms with Crippen molar-refractivity contribution in [1.29, 1.82) is 0 Å². The van der Waals surface area contributed by atoms with Crippen LogP contribution in [0, 0.1) is 0 Å². The summed E-state index contributed by atoms with van der Waals surface area (Å²) in [6.07, 6.45) is 1.80. The van der Waals surface area contributed by atoms with Gasteiger partial charge in [-0.3, -0.25) is 24.0 Å². The molecule has 3 heterocycles. The first-order chi connectivity index (χ1) is 20.7. The van der Waals surface area contributed by atoms with Crippen molar-refractivity contribution in [3.8, 4) is 17.0 Å². The molecule has 5 rings (SSSR count). The average Bonchev–Trinajstić information content (AvgIpc) is 3.64. The molecule has 2 N–H and O–H groups in total. The van der Waals surface area contributed by atoms with Crippen molar-refractivity contribution in [1.82, 2.24) is 19.6 Å². The number of piperazine rings is 1. The Hall–Kier alpha value is -4.74. The molecule has 4 aromatic rings. The van der Waals surface area contributed by atoms with Crippen LogP contribution in [0.4, 0.5) is 11.4 Å². The van der Waals surface area contributed by atoms with E-state index in [-0.39, 0.29) is 17.1 Å². The smallest absolute Gasteiger partial charge is 0.291 e. The van der Waals surface area contributed by atoms with Crippen LogP contribution in [0.25, 0.3) is 11.3 Å². The van der Waals surface area contributed by atoms with Gasteiger partial charge >= 0.3 is 0 Å². The van der Waals surface area contributed by atoms with Gasteiger partial charge in [0.2, 0.25) is 0 Å². The molecule has 11 nitrogen and oxygen atoms in total. The maximum atomic E-state index is 13.5. The van der Waals surface area contributed by atoms with Crippen LogP contribution < -0.4 is 15.4 Å². The number of nitrogens with zero attached hydrogens (tertiary/aromatic N) is 4. The maximum Gasteiger partial charge on any atom is 0.291 e. The van der Waals surface area contributed by atoms with Crippen LogP contribution in [0.15, 0.2) is 65.2 Å². The fourth-order valence-corrected chi connectivity index (χ4v) is 4.87. The van der Waals surface area contributed by atoms with E-state index < -0.39 is 11.8 Å². The standard InChI is InChI=1S/C32H36N6O5/c1-5-42-29-8-6-22(21(2)39)19-28(29)34-31(40)24-16-23(27-10-11-37(4)35-27)17-25(18-24)33-32(41)30-9-7-26(43-30)20-38-14-12-36(3)13-15-38/h6-11,16-19H,5,12-15,20H2,1-4H3,(H,33,41)(H,34,40). The van der Waals surface area contributed by atoms with Crippen LogP contribution in [0.1, 0.15) is 50.9 Å². The zero-order valence-electron chi connectivity index (χ0n) is 24.8. The number of furan rings is 1. The number of anilines is 2. The van der Waals surface area contributed by atoms with Gasteiger partial charge in [-0.15, -0.1) is 0 Å². The highest BCUT2D eigenvalue weighted by atomic mass is 16.5. The minimum Gasteiger partial charge on any atom is -0.492 e. The van der Waals surface area contributed by atoms with Crippen LogP contribution >= 0.6 is 0 Å². The molecule has 0 aliphatic carbocycles. The van der Waals surface area contributed by atoms with E-state index in [9.17, 15) is 14.4 Å². The molecule has 2 aromatic heterocycles. The number of amides is 2. The fourth-order valence-electron chi connectivity index (χ4n) is 4.87. The first kappa shape index (κ1) is 29.7. The van der Waals surface area contributed by atoms with Crippen molar-refractivity contribution in [2.45, 2.75) is 20.4 Å². The third kappa shape index (κ3) is 7.37. The van der Waals surface area contributed by atoms with Crippen molar-refractivity contribution in [3.05, 3.63) is 83.4 Å². The second-order valence-corrected chi connectivity index (χ2v) is 10.6. The molecule has 2 amide bonds. The summed E-state index contributed by atoms with van der Waals surface area (Å²) >= 11 is 0. The lowest BCUT2D eigenvalue weighted by Crippen LogP contribution is -2.43. The number of rotatable bonds is 10. The number of benzene rings is 2. The molecule has 0 bridgehead atoms. The molecule has 1 aliphatic rings. The molecule has 11 heteroatoms. The Kier molecular flexibility index (Phi) is 9.03. The maximum absolute atomic E-state index is 13.5. The first-order valence-corrected chi connectivity index (χ1v) is 14.2. The first-order valence-electron chi connectivity index (χ1n) is 14.2. The van der Waals surface area contributed by atoms with Crippen molar-refractivity contribution >= 4 is 29.0 Å². The largest absolute Gasteiger partial charge is 0.492 e. The topological polar surface area (TPSA) is 122 Å². The summed E-state index contributed by atoms with van der Waals surface area (Å²) in [6.45, 7) is 8.18. The van der Waals surface area contributed by atoms with Gasteiger partial charge in [0.1, 0.15) is 11.5 Å². The third-order valence-electron chi connectivity index (χ3n) is 7.26. The highest BCUT2D eigenvalue weighted by Gasteiger charge is 2.19. The van der Waals surface area contributed by atoms with E-state index in [0.717, 1.165) is 31.9 Å². The second kappa shape index (κ2) is 13.1. The Balaban J connectivity index is 1.39. The molecule has 1 fully saturated rings. The molecule has 0 saturated carbocycles. The average molecular weight is 585 g/mol. The van der Waals surface area contributed by atoms with Gasteiger partial charge in [-0.25, -0.2) is 0 Å². The Morgan fingerprint density at radius 3 is 2.40 bits per heavy atom. The second-order valence-electron chi connectivity index (χ2n) is 10.6. The van der Waals surface area contributed by atoms with Crippen LogP contribution in [-0.2, 0) is 13.6 Å². The van der Waals surface area contributed by atoms with Gasteiger partial charge in [-0.2, -0.15) is 5.10 Å². The number of carbonyl (C=O) groups is 3. The van der Waals surface area contributed by atoms with E-state index >= 15 is 0 Å². The molecule has 0 spiro atoms. The van der Waals surface area contributed by atoms with Crippen LogP contribution in [0.5, 0.6) is 5.75 Å². The SMILES string of the molecule is CCOc1ccc(C(C)=O)cc1NC(=O)c1cc(NC(=O)c2ccc(CN3CCN(C)CC3)o2)cc(-c2ccn(C)n2)c1. The number of aromatic nitrogens is 2. The predicted molar refractivity (Wildman–Crippen MR) is 164 cm³/mol. The Morgan fingerprint density at radius 1 is 0.907 bits per heavy atom. The van der Waals surface area contributed by atoms with Gasteiger partial charge < -0.3 is 24.7 Å². The molecular formula is C32H36N6O5. The summed E-state index contributed by atoms with van der Waals surface area (Å²) < 4.78 is 13.2. The molecule has 0 unspecified atom stereocenters. The zero-order chi connectivity index (χ0) is 30.5. The number of carbonyl (C=O) groups excluding carboxylic acids is 3. The molecule has 0 atom stereocenters. The Labute approximate surface area is 250 Å². The number of aryl methyl sites for hydroxylation is 1. The van der Waals surface area contributed by atoms with Crippen molar-refractivity contribution in [2.75, 3.05) is 50.5 Å². The molecule has 2 aromatic carbocycles. The van der Waals surface area contributed by atoms with Crippen molar-refractivity contribution in [2.24, 2.45) is 7.05 Å². The minimum absolute atomic E-state index is 0.134. The summed E-state index contributed by atoms with van der Waals surface area (Å²) in [5, 5.41) is 10.2. The predicted octanol–water partition coefficient (Wildman–Crippen LogP) is 4.53. The Bertz CT molecular complexity index is 1630. The molecule has 0 radical (unpaired) electrons. The van der Waals surface area contributed by atoms with E-state index in [1.54, 1.807) is 60.4 Å². The van der Waals surface area contributed by atoms with E-state index in [0.29, 0.717) is 47.1 Å². The van der Waals surface area contributed by atoms with E-state index in [1.165, 1.54) is 6.92 Å². The normalized spacial score (nSPS) is 14.0. The number of ketones is 1. The van der Waals surface area contributed by atoms with E-state index in [2.05, 4.69) is 32.6 Å². The van der Waals surface area contributed by atoms with Gasteiger partial charge in [0.05, 0.1) is 24.5 Å². The number of hydrogen-bond acceptors (Lipinski definition) is 8. The van der Waals surface area contributed by atoms with Gasteiger partial charge in [-0.1, -0.05) is 0 Å². The summed E-state index contributed by atoms with van der Waals surface area (Å²) in [7, 11) is 3.91. The zero-order valence-corrected chi connectivity index (χ0v) is 24.8.